The van der Waals surface area contributed by atoms with E-state index < -0.39 is 0 Å². The average molecular weight is 655 g/mol. The van der Waals surface area contributed by atoms with Crippen molar-refractivity contribution in [1.82, 2.24) is 9.97 Å². The molecule has 0 aliphatic heterocycles. The third-order valence-corrected chi connectivity index (χ3v) is 11.5. The number of fused-ring (bicyclic) bond motifs is 2. The van der Waals surface area contributed by atoms with E-state index in [4.69, 9.17) is 0 Å². The van der Waals surface area contributed by atoms with Crippen LogP contribution in [0.2, 0.25) is 0 Å². The van der Waals surface area contributed by atoms with Crippen LogP contribution in [-0.2, 0) is 0 Å². The summed E-state index contributed by atoms with van der Waals surface area (Å²) >= 11 is 0. The smallest absolute Gasteiger partial charge is 0.137 e. The second kappa shape index (κ2) is 9.01. The molecule has 2 heterocycles. The molecule has 6 nitrogen and oxygen atoms in total. The number of benzene rings is 10. The van der Waals surface area contributed by atoms with E-state index in [9.17, 15) is 21.0 Å². The summed E-state index contributed by atoms with van der Waals surface area (Å²) in [4.78, 5) is 7.43. The third-order valence-electron chi connectivity index (χ3n) is 11.5. The number of aromatic nitrogens is 2. The number of hydrogen-bond acceptors (Lipinski definition) is 4. The van der Waals surface area contributed by atoms with Crippen LogP contribution in [0, 0.1) is 55.8 Å². The second-order valence-corrected chi connectivity index (χ2v) is 13.7. The molecule has 6 heteroatoms. The summed E-state index contributed by atoms with van der Waals surface area (Å²) in [6.07, 6.45) is 0. The van der Waals surface area contributed by atoms with Gasteiger partial charge < -0.3 is 9.97 Å². The van der Waals surface area contributed by atoms with Gasteiger partial charge in [0.15, 0.2) is 0 Å². The summed E-state index contributed by atoms with van der Waals surface area (Å²) in [5.41, 5.74) is 3.98. The normalized spacial score (nSPS) is 12.8. The first-order valence-electron chi connectivity index (χ1n) is 16.9. The number of aromatic amines is 2. The fourth-order valence-corrected chi connectivity index (χ4v) is 9.67. The van der Waals surface area contributed by atoms with Gasteiger partial charge in [0.2, 0.25) is 0 Å². The second-order valence-electron chi connectivity index (χ2n) is 13.7. The molecule has 52 heavy (non-hydrogen) atoms. The SMILES string of the molecule is N#CC(C#N)=c1cc2[nH]c3c/c(=c4\cc5[nH]c6cc(=C(C#N)C#N)c7cccc8c9cccc4c9c5c6c78)c4cccc5c6cccc1c6c2c3c45. The maximum atomic E-state index is 9.90. The van der Waals surface area contributed by atoms with Gasteiger partial charge in [-0.3, -0.25) is 0 Å². The summed E-state index contributed by atoms with van der Waals surface area (Å²) in [5.74, 6) is 0. The van der Waals surface area contributed by atoms with Gasteiger partial charge in [0.1, 0.15) is 35.4 Å². The molecule has 2 N–H and O–H groups in total. The van der Waals surface area contributed by atoms with Crippen LogP contribution in [0.3, 0.4) is 0 Å². The molecule has 10 aromatic carbocycles. The fraction of sp³-hybridized carbons (Fsp3) is 0. The van der Waals surface area contributed by atoms with Crippen LogP contribution in [0.1, 0.15) is 0 Å². The Hall–Kier alpha value is -7.90. The molecule has 0 atom stereocenters. The summed E-state index contributed by atoms with van der Waals surface area (Å²) < 4.78 is 0. The van der Waals surface area contributed by atoms with Crippen molar-refractivity contribution in [1.29, 1.82) is 21.0 Å². The van der Waals surface area contributed by atoms with Crippen molar-refractivity contribution < 1.29 is 0 Å². The van der Waals surface area contributed by atoms with E-state index in [1.807, 2.05) is 36.4 Å². The average Bonchev–Trinajstić information content (AvgIpc) is 3.76. The molecule has 0 amide bonds. The summed E-state index contributed by atoms with van der Waals surface area (Å²) in [6.45, 7) is 0. The molecule has 0 saturated heterocycles. The Balaban J connectivity index is 1.37. The van der Waals surface area contributed by atoms with Crippen molar-refractivity contribution in [3.63, 3.8) is 0 Å². The molecule has 0 bridgehead atoms. The molecule has 0 aliphatic rings. The zero-order valence-corrected chi connectivity index (χ0v) is 27.0. The van der Waals surface area contributed by atoms with Gasteiger partial charge in [-0.05, 0) is 77.8 Å². The van der Waals surface area contributed by atoms with Crippen molar-refractivity contribution in [2.24, 2.45) is 0 Å². The minimum Gasteiger partial charge on any atom is -0.354 e. The van der Waals surface area contributed by atoms with Crippen LogP contribution in [-0.4, -0.2) is 9.97 Å². The van der Waals surface area contributed by atoms with Crippen LogP contribution in [0.25, 0.3) is 119 Å². The molecule has 0 fully saturated rings. The molecule has 12 rings (SSSR count). The molecule has 0 aliphatic carbocycles. The van der Waals surface area contributed by atoms with Crippen molar-refractivity contribution in [3.05, 3.63) is 118 Å². The Morgan fingerprint density at radius 1 is 0.346 bits per heavy atom. The number of nitrogens with one attached hydrogen (secondary N) is 2. The molecule has 2 aromatic heterocycles. The Morgan fingerprint density at radius 3 is 0.981 bits per heavy atom. The lowest BCUT2D eigenvalue weighted by Gasteiger charge is -2.15. The predicted molar refractivity (Wildman–Crippen MR) is 208 cm³/mol. The third kappa shape index (κ3) is 2.92. The standard InChI is InChI=1S/C46H18N6/c47-17-21(18-48)31-13-35-43-39-23(5-1-9-27(31)39)25-7-3-11-29-33(15-37(51-35)45(43)41(25)29)34-16-38-46-42-26(8-4-12-30(34)42)24-6-2-10-28-32(22(19-49)20-50)14-36(52-38)44(46)40(24)28/h1-16,51-52H/b34-33-. The van der Waals surface area contributed by atoms with Crippen LogP contribution in [0.4, 0.5) is 0 Å². The van der Waals surface area contributed by atoms with E-state index in [1.54, 1.807) is 0 Å². The first-order chi connectivity index (χ1) is 25.6. The van der Waals surface area contributed by atoms with Crippen molar-refractivity contribution >= 4 is 119 Å². The summed E-state index contributed by atoms with van der Waals surface area (Å²) in [6, 6.07) is 42.3. The number of nitriles is 4. The van der Waals surface area contributed by atoms with Gasteiger partial charge in [0.25, 0.3) is 0 Å². The zero-order chi connectivity index (χ0) is 34.6. The van der Waals surface area contributed by atoms with E-state index in [0.717, 1.165) is 108 Å². The number of hydrogen-bond donors (Lipinski definition) is 2. The molecule has 232 valence electrons. The number of rotatable bonds is 0. The van der Waals surface area contributed by atoms with E-state index in [0.29, 0.717) is 10.4 Å². The first kappa shape index (κ1) is 27.0. The van der Waals surface area contributed by atoms with E-state index in [-0.39, 0.29) is 11.1 Å². The van der Waals surface area contributed by atoms with Gasteiger partial charge >= 0.3 is 0 Å². The zero-order valence-electron chi connectivity index (χ0n) is 27.0. The molecule has 0 saturated carbocycles. The summed E-state index contributed by atoms with van der Waals surface area (Å²) in [5, 5.41) is 60.6. The van der Waals surface area contributed by atoms with E-state index in [2.05, 4.69) is 94.9 Å². The Kier molecular flexibility index (Phi) is 4.67. The Bertz CT molecular complexity index is 3720. The number of H-pyrrole nitrogens is 2. The maximum absolute atomic E-state index is 9.90. The maximum Gasteiger partial charge on any atom is 0.137 e. The number of nitrogens with zero attached hydrogens (tertiary/aromatic N) is 4. The van der Waals surface area contributed by atoms with Crippen molar-refractivity contribution in [3.8, 4) is 24.3 Å². The van der Waals surface area contributed by atoms with Gasteiger partial charge in [0.05, 0.1) is 0 Å². The fourth-order valence-electron chi connectivity index (χ4n) is 9.67. The summed E-state index contributed by atoms with van der Waals surface area (Å²) in [7, 11) is 0. The van der Waals surface area contributed by atoms with Gasteiger partial charge in [-0.15, -0.1) is 0 Å². The van der Waals surface area contributed by atoms with Crippen LogP contribution >= 0.6 is 0 Å². The molecule has 0 radical (unpaired) electrons. The lowest BCUT2D eigenvalue weighted by molar-refractivity contribution is 1.49. The van der Waals surface area contributed by atoms with Crippen LogP contribution < -0.4 is 10.4 Å². The molecule has 0 unspecified atom stereocenters. The van der Waals surface area contributed by atoms with E-state index in [1.165, 1.54) is 10.8 Å². The molecule has 12 aromatic rings. The van der Waals surface area contributed by atoms with Gasteiger partial charge in [-0.1, -0.05) is 72.8 Å². The minimum absolute atomic E-state index is 0.0954. The lowest BCUT2D eigenvalue weighted by Crippen LogP contribution is -2.06. The molecule has 0 spiro atoms. The Morgan fingerprint density at radius 2 is 0.635 bits per heavy atom. The largest absolute Gasteiger partial charge is 0.354 e. The first-order valence-corrected chi connectivity index (χ1v) is 16.9. The highest BCUT2D eigenvalue weighted by molar-refractivity contribution is 6.41. The quantitative estimate of drug-likeness (QED) is 0.125. The predicted octanol–water partition coefficient (Wildman–Crippen LogP) is 9.31. The van der Waals surface area contributed by atoms with Gasteiger partial charge in [-0.2, -0.15) is 21.0 Å². The monoisotopic (exact) mass is 654 g/mol. The highest BCUT2D eigenvalue weighted by Gasteiger charge is 2.23. The topological polar surface area (TPSA) is 127 Å². The molecular formula is C46H18N6. The van der Waals surface area contributed by atoms with E-state index >= 15 is 0 Å². The lowest BCUT2D eigenvalue weighted by atomic mass is 9.86. The van der Waals surface area contributed by atoms with Gasteiger partial charge in [-0.25, -0.2) is 0 Å². The van der Waals surface area contributed by atoms with Gasteiger partial charge in [0, 0.05) is 75.6 Å². The minimum atomic E-state index is 0.0954. The highest BCUT2D eigenvalue weighted by atomic mass is 14.7. The van der Waals surface area contributed by atoms with Crippen LogP contribution in [0.5, 0.6) is 0 Å². The van der Waals surface area contributed by atoms with Crippen molar-refractivity contribution in [2.75, 3.05) is 0 Å². The Labute approximate surface area is 291 Å². The highest BCUT2D eigenvalue weighted by Crippen LogP contribution is 2.47. The molecular weight excluding hydrogens is 637 g/mol. The van der Waals surface area contributed by atoms with Crippen molar-refractivity contribution in [2.45, 2.75) is 0 Å². The van der Waals surface area contributed by atoms with Crippen LogP contribution in [0.15, 0.2) is 97.1 Å².